The van der Waals surface area contributed by atoms with Crippen LogP contribution in [-0.4, -0.2) is 15.7 Å². The molecule has 0 radical (unpaired) electrons. The lowest BCUT2D eigenvalue weighted by atomic mass is 10.1. The summed E-state index contributed by atoms with van der Waals surface area (Å²) in [5.41, 5.74) is 2.02. The third-order valence-electron chi connectivity index (χ3n) is 2.78. The van der Waals surface area contributed by atoms with Crippen molar-refractivity contribution in [2.24, 2.45) is 0 Å². The second kappa shape index (κ2) is 6.52. The highest BCUT2D eigenvalue weighted by atomic mass is 79.9. The van der Waals surface area contributed by atoms with E-state index in [0.29, 0.717) is 13.0 Å². The van der Waals surface area contributed by atoms with Gasteiger partial charge in [-0.05, 0) is 24.6 Å². The molecule has 2 aromatic rings. The Morgan fingerprint density at radius 3 is 2.68 bits per heavy atom. The average Bonchev–Trinajstić information content (AvgIpc) is 2.87. The molecule has 0 saturated carbocycles. The molecule has 100 valence electrons. The number of carbonyl (C=O) groups is 1. The van der Waals surface area contributed by atoms with Crippen LogP contribution in [0.3, 0.4) is 0 Å². The lowest BCUT2D eigenvalue weighted by Crippen LogP contribution is -2.24. The standard InChI is InChI=1S/C14H16BrN3O/c1-2-18-10-12(9-17-18)8-16-14(19)7-11-3-5-13(15)6-4-11/h3-6,9-10H,2,7-8H2,1H3,(H,16,19). The van der Waals surface area contributed by atoms with Gasteiger partial charge >= 0.3 is 0 Å². The molecule has 1 amide bonds. The second-order valence-electron chi connectivity index (χ2n) is 4.28. The highest BCUT2D eigenvalue weighted by Crippen LogP contribution is 2.10. The fraction of sp³-hybridized carbons (Fsp3) is 0.286. The maximum atomic E-state index is 11.8. The molecular formula is C14H16BrN3O. The highest BCUT2D eigenvalue weighted by Gasteiger charge is 2.04. The summed E-state index contributed by atoms with van der Waals surface area (Å²) in [5.74, 6) is 0.0200. The maximum absolute atomic E-state index is 11.8. The molecule has 5 heteroatoms. The Labute approximate surface area is 120 Å². The molecule has 1 heterocycles. The van der Waals surface area contributed by atoms with E-state index in [2.05, 4.69) is 26.3 Å². The van der Waals surface area contributed by atoms with E-state index in [0.717, 1.165) is 22.1 Å². The normalized spacial score (nSPS) is 10.4. The van der Waals surface area contributed by atoms with Crippen molar-refractivity contribution >= 4 is 21.8 Å². The number of nitrogens with one attached hydrogen (secondary N) is 1. The van der Waals surface area contributed by atoms with Crippen molar-refractivity contribution in [3.05, 3.63) is 52.3 Å². The number of aryl methyl sites for hydroxylation is 1. The van der Waals surface area contributed by atoms with E-state index in [1.165, 1.54) is 0 Å². The molecule has 0 atom stereocenters. The van der Waals surface area contributed by atoms with Gasteiger partial charge in [0.25, 0.3) is 0 Å². The number of rotatable bonds is 5. The molecule has 1 aromatic heterocycles. The van der Waals surface area contributed by atoms with Gasteiger partial charge in [-0.2, -0.15) is 5.10 Å². The minimum absolute atomic E-state index is 0.0200. The number of hydrogen-bond acceptors (Lipinski definition) is 2. The molecule has 0 aliphatic rings. The summed E-state index contributed by atoms with van der Waals surface area (Å²) in [7, 11) is 0. The third kappa shape index (κ3) is 4.21. The number of hydrogen-bond donors (Lipinski definition) is 1. The third-order valence-corrected chi connectivity index (χ3v) is 3.31. The van der Waals surface area contributed by atoms with E-state index in [1.807, 2.05) is 42.1 Å². The fourth-order valence-corrected chi connectivity index (χ4v) is 1.99. The van der Waals surface area contributed by atoms with Crippen LogP contribution >= 0.6 is 15.9 Å². The van der Waals surface area contributed by atoms with E-state index < -0.39 is 0 Å². The number of aromatic nitrogens is 2. The molecule has 19 heavy (non-hydrogen) atoms. The summed E-state index contributed by atoms with van der Waals surface area (Å²) < 4.78 is 2.86. The van der Waals surface area contributed by atoms with Crippen LogP contribution in [0.4, 0.5) is 0 Å². The number of halogens is 1. The summed E-state index contributed by atoms with van der Waals surface area (Å²) in [4.78, 5) is 11.8. The van der Waals surface area contributed by atoms with E-state index in [1.54, 1.807) is 6.20 Å². The average molecular weight is 322 g/mol. The topological polar surface area (TPSA) is 46.9 Å². The van der Waals surface area contributed by atoms with Crippen LogP contribution in [0, 0.1) is 0 Å². The van der Waals surface area contributed by atoms with Crippen LogP contribution in [-0.2, 0) is 24.3 Å². The Kier molecular flexibility index (Phi) is 4.74. The quantitative estimate of drug-likeness (QED) is 0.919. The predicted octanol–water partition coefficient (Wildman–Crippen LogP) is 2.52. The van der Waals surface area contributed by atoms with Gasteiger partial charge in [-0.1, -0.05) is 28.1 Å². The molecule has 0 saturated heterocycles. The molecule has 0 bridgehead atoms. The van der Waals surface area contributed by atoms with Gasteiger partial charge in [-0.15, -0.1) is 0 Å². The smallest absolute Gasteiger partial charge is 0.224 e. The van der Waals surface area contributed by atoms with Crippen molar-refractivity contribution in [2.45, 2.75) is 26.4 Å². The van der Waals surface area contributed by atoms with Crippen LogP contribution in [0.5, 0.6) is 0 Å². The summed E-state index contributed by atoms with van der Waals surface area (Å²) in [5, 5.41) is 7.06. The van der Waals surface area contributed by atoms with E-state index in [9.17, 15) is 4.79 Å². The summed E-state index contributed by atoms with van der Waals surface area (Å²) in [6, 6.07) is 7.76. The van der Waals surface area contributed by atoms with Crippen molar-refractivity contribution < 1.29 is 4.79 Å². The number of carbonyl (C=O) groups excluding carboxylic acids is 1. The van der Waals surface area contributed by atoms with Crippen LogP contribution in [0.1, 0.15) is 18.1 Å². The first-order valence-corrected chi connectivity index (χ1v) is 6.99. The van der Waals surface area contributed by atoms with Gasteiger partial charge in [-0.3, -0.25) is 9.48 Å². The fourth-order valence-electron chi connectivity index (χ4n) is 1.72. The predicted molar refractivity (Wildman–Crippen MR) is 77.6 cm³/mol. The van der Waals surface area contributed by atoms with Crippen molar-refractivity contribution in [3.63, 3.8) is 0 Å². The van der Waals surface area contributed by atoms with Crippen LogP contribution in [0.25, 0.3) is 0 Å². The van der Waals surface area contributed by atoms with E-state index in [-0.39, 0.29) is 5.91 Å². The SMILES string of the molecule is CCn1cc(CNC(=O)Cc2ccc(Br)cc2)cn1. The van der Waals surface area contributed by atoms with E-state index in [4.69, 9.17) is 0 Å². The molecule has 0 aliphatic heterocycles. The van der Waals surface area contributed by atoms with Crippen molar-refractivity contribution in [2.75, 3.05) is 0 Å². The van der Waals surface area contributed by atoms with Gasteiger partial charge in [0.1, 0.15) is 0 Å². The van der Waals surface area contributed by atoms with Crippen LogP contribution in [0.15, 0.2) is 41.1 Å². The highest BCUT2D eigenvalue weighted by molar-refractivity contribution is 9.10. The molecule has 1 aromatic carbocycles. The first-order valence-electron chi connectivity index (χ1n) is 6.20. The van der Waals surface area contributed by atoms with Gasteiger partial charge < -0.3 is 5.32 Å². The Hall–Kier alpha value is -1.62. The molecule has 0 spiro atoms. The van der Waals surface area contributed by atoms with Crippen LogP contribution in [0.2, 0.25) is 0 Å². The second-order valence-corrected chi connectivity index (χ2v) is 5.20. The zero-order valence-corrected chi connectivity index (χ0v) is 12.4. The Balaban J connectivity index is 1.82. The van der Waals surface area contributed by atoms with Crippen molar-refractivity contribution in [3.8, 4) is 0 Å². The monoisotopic (exact) mass is 321 g/mol. The molecule has 2 rings (SSSR count). The lowest BCUT2D eigenvalue weighted by Gasteiger charge is -2.04. The van der Waals surface area contributed by atoms with Gasteiger partial charge in [0.15, 0.2) is 0 Å². The van der Waals surface area contributed by atoms with Crippen molar-refractivity contribution in [1.29, 1.82) is 0 Å². The van der Waals surface area contributed by atoms with Crippen LogP contribution < -0.4 is 5.32 Å². The largest absolute Gasteiger partial charge is 0.352 e. The Morgan fingerprint density at radius 2 is 2.05 bits per heavy atom. The lowest BCUT2D eigenvalue weighted by molar-refractivity contribution is -0.120. The Morgan fingerprint density at radius 1 is 1.32 bits per heavy atom. The molecule has 0 aliphatic carbocycles. The molecule has 1 N–H and O–H groups in total. The number of nitrogens with zero attached hydrogens (tertiary/aromatic N) is 2. The summed E-state index contributed by atoms with van der Waals surface area (Å²) in [6.45, 7) is 3.39. The summed E-state index contributed by atoms with van der Waals surface area (Å²) in [6.07, 6.45) is 4.12. The van der Waals surface area contributed by atoms with Gasteiger partial charge in [-0.25, -0.2) is 0 Å². The molecule has 4 nitrogen and oxygen atoms in total. The maximum Gasteiger partial charge on any atom is 0.224 e. The van der Waals surface area contributed by atoms with Crippen molar-refractivity contribution in [1.82, 2.24) is 15.1 Å². The van der Waals surface area contributed by atoms with Gasteiger partial charge in [0.05, 0.1) is 12.6 Å². The number of amides is 1. The van der Waals surface area contributed by atoms with Gasteiger partial charge in [0.2, 0.25) is 5.91 Å². The zero-order chi connectivity index (χ0) is 13.7. The molecule has 0 unspecified atom stereocenters. The first-order chi connectivity index (χ1) is 9.17. The molecular weight excluding hydrogens is 306 g/mol. The molecule has 0 fully saturated rings. The van der Waals surface area contributed by atoms with E-state index >= 15 is 0 Å². The zero-order valence-electron chi connectivity index (χ0n) is 10.8. The van der Waals surface area contributed by atoms with Gasteiger partial charge in [0, 0.05) is 29.3 Å². The summed E-state index contributed by atoms with van der Waals surface area (Å²) >= 11 is 3.37. The minimum Gasteiger partial charge on any atom is -0.352 e. The minimum atomic E-state index is 0.0200. The number of benzene rings is 1. The first kappa shape index (κ1) is 13.8. The Bertz CT molecular complexity index is 548.